The first-order chi connectivity index (χ1) is 69.2. The number of nitrogens with one attached hydrogen (secondary N) is 2. The Labute approximate surface area is 914 Å². The maximum Gasteiger partial charge on any atom is 0.488 e. The highest BCUT2D eigenvalue weighted by atomic mass is 127. The molecule has 0 atom stereocenters. The van der Waals surface area contributed by atoms with Crippen LogP contribution in [0.3, 0.4) is 0 Å². The van der Waals surface area contributed by atoms with Crippen LogP contribution >= 0.6 is 86.3 Å². The number of rotatable bonds is 6. The number of aryl methyl sites for hydroxylation is 4. The normalized spacial score (nSPS) is 13.8. The summed E-state index contributed by atoms with van der Waals surface area (Å²) in [6.07, 6.45) is 4.88. The van der Waals surface area contributed by atoms with E-state index in [0.29, 0.717) is 44.7 Å². The van der Waals surface area contributed by atoms with Gasteiger partial charge in [-0.2, -0.15) is 0 Å². The van der Waals surface area contributed by atoms with Crippen LogP contribution < -0.4 is 16.1 Å². The molecule has 0 unspecified atom stereocenters. The summed E-state index contributed by atoms with van der Waals surface area (Å²) in [4.78, 5) is 55.9. The van der Waals surface area contributed by atoms with E-state index in [-0.39, 0.29) is 24.4 Å². The highest BCUT2D eigenvalue weighted by Gasteiger charge is 2.32. The molecule has 4 N–H and O–H groups in total. The summed E-state index contributed by atoms with van der Waals surface area (Å²) in [5.41, 5.74) is 37.7. The zero-order valence-corrected chi connectivity index (χ0v) is 96.9. The molecule has 13 aromatic rings. The molecule has 0 spiro atoms. The highest BCUT2D eigenvalue weighted by molar-refractivity contribution is 14.1. The number of carbonyl (C=O) groups is 4. The average molecular weight is 2330 g/mol. The van der Waals surface area contributed by atoms with Crippen LogP contribution in [0.1, 0.15) is 194 Å². The monoisotopic (exact) mass is 2330 g/mol. The second-order valence-electron chi connectivity index (χ2n) is 42.1. The number of benzene rings is 13. The summed E-state index contributed by atoms with van der Waals surface area (Å²) in [6, 6.07) is 89.3. The topological polar surface area (TPSA) is 183 Å². The fourth-order valence-corrected chi connectivity index (χ4v) is 20.7. The summed E-state index contributed by atoms with van der Waals surface area (Å²) in [5, 5.41) is 24.3. The molecule has 22 heteroatoms. The van der Waals surface area contributed by atoms with Crippen LogP contribution in [0.4, 0.5) is 19.2 Å². The zero-order valence-electron chi connectivity index (χ0n) is 88.4. The van der Waals surface area contributed by atoms with E-state index in [9.17, 15) is 19.2 Å². The SMILES string of the molecule is Brc1ccc2c(c1)CCNC2.CC(C)(C)OC(=O)N1CCc2cc(Br)ccc2C1.Cc1c(Br)cccc1-c1ccc2c(c1)CCN(C(=O)OC(C)(C)C)C2.Cc1c(Br)cccc1I.Cc1ccc2c(c1)CCN(C(=O)OC(C)(C)C)C2.Cc1ccccc1-c1cccc(-c2ccc3c(c2)CCN(C(=O)OC(C)(C)C)C3)c1C.Cc1ccccc1-c1cccc(-c2ccc3c(c2)CCNC3)c1C.Cc1ccccc1B(O)O. The Morgan fingerprint density at radius 1 is 0.301 bits per heavy atom. The van der Waals surface area contributed by atoms with Crippen molar-refractivity contribution in [1.82, 2.24) is 30.2 Å². The van der Waals surface area contributed by atoms with Crippen LogP contribution in [-0.4, -0.2) is 123 Å². The van der Waals surface area contributed by atoms with E-state index in [4.69, 9.17) is 29.0 Å². The fourth-order valence-electron chi connectivity index (χ4n) is 18.3. The van der Waals surface area contributed by atoms with E-state index in [1.165, 1.54) is 174 Å². The number of halogens is 5. The minimum atomic E-state index is -1.35. The second kappa shape index (κ2) is 52.1. The van der Waals surface area contributed by atoms with Gasteiger partial charge in [-0.25, -0.2) is 19.2 Å². The van der Waals surface area contributed by atoms with Crippen LogP contribution in [0.5, 0.6) is 0 Å². The molecule has 0 radical (unpaired) electrons. The number of nitrogens with zero attached hydrogens (tertiary/aromatic N) is 4. The number of carbonyl (C=O) groups excluding carboxylic acids is 4. The van der Waals surface area contributed by atoms with Gasteiger partial charge in [-0.05, 0) is 416 Å². The first-order valence-corrected chi connectivity index (χ1v) is 54.7. The molecule has 0 fully saturated rings. The van der Waals surface area contributed by atoms with Crippen molar-refractivity contribution in [3.05, 3.63) is 388 Å². The molecule has 16 nitrogen and oxygen atoms in total. The van der Waals surface area contributed by atoms with Crippen LogP contribution in [-0.2, 0) is 96.7 Å². The molecule has 6 heterocycles. The molecule has 6 aliphatic rings. The van der Waals surface area contributed by atoms with Gasteiger partial charge in [0.05, 0.1) is 0 Å². The van der Waals surface area contributed by atoms with E-state index >= 15 is 0 Å². The van der Waals surface area contributed by atoms with Crippen LogP contribution in [0.2, 0.25) is 0 Å². The summed E-state index contributed by atoms with van der Waals surface area (Å²) >= 11 is 16.3. The van der Waals surface area contributed by atoms with Crippen LogP contribution in [0, 0.1) is 59.0 Å². The standard InChI is InChI=1S/C28H31NO2.C23H23N.C21H24BrNO2.C15H21NO2.C14H18BrNO2.C9H10BrN.C7H9BO2.C7H6BrI/c1-19-9-6-7-10-24(19)26-12-8-11-25(20(26)2)22-13-14-23-18-29(16-15-21(23)17-22)27(30)31-28(3,4)5;1-16-6-3-4-7-21(16)23-9-5-8-22(17(23)2)19-10-11-20-15-24-13-12-18(20)14-19;1-14-18(6-5-7-19(14)22)16-8-9-17-13-23(11-10-15(17)12-16)20(24)25-21(2,3)4;1-11-5-6-13-10-16(8-7-12(13)9-11)14(17)18-15(2,3)4;1-14(2,3)18-13(17)16-7-6-10-8-12(15)5-4-11(10)9-16;10-9-2-1-8-6-11-4-3-7(8)5-9;1-6-4-2-3-5-7(6)8(9)10;1-5-6(8)3-2-4-7(5)9/h6-14,17H,15-16,18H2,1-5H3;3-11,14,24H,12-13,15H2,1-2H3;5-9,12H,10-11,13H2,1-4H3;5-6,9H,7-8,10H2,1-4H3;4-5,8H,6-7,9H2,1-3H3;1-2,5,11H,3-4,6H2;2-5,9-10H,1H3;2-4H,1H3. The van der Waals surface area contributed by atoms with Gasteiger partial charge >= 0.3 is 31.5 Å². The maximum absolute atomic E-state index is 12.5. The predicted molar refractivity (Wildman–Crippen MR) is 622 cm³/mol. The molecule has 6 aliphatic heterocycles. The van der Waals surface area contributed by atoms with Crippen molar-refractivity contribution in [3.8, 4) is 55.6 Å². The third-order valence-electron chi connectivity index (χ3n) is 26.2. The van der Waals surface area contributed by atoms with E-state index < -0.39 is 29.5 Å². The van der Waals surface area contributed by atoms with Crippen molar-refractivity contribution >= 4 is 123 Å². The number of fused-ring (bicyclic) bond motifs is 6. The lowest BCUT2D eigenvalue weighted by atomic mass is 9.77. The van der Waals surface area contributed by atoms with Crippen molar-refractivity contribution < 1.29 is 48.2 Å². The molecule has 766 valence electrons. The number of hydrogen-bond donors (Lipinski definition) is 4. The van der Waals surface area contributed by atoms with Gasteiger partial charge < -0.3 is 59.2 Å². The smallest absolute Gasteiger partial charge is 0.444 e. The molecule has 0 saturated heterocycles. The second-order valence-corrected chi connectivity index (χ2v) is 46.8. The molecule has 0 bridgehead atoms. The van der Waals surface area contributed by atoms with Crippen molar-refractivity contribution in [3.63, 3.8) is 0 Å². The third kappa shape index (κ3) is 33.0. The minimum Gasteiger partial charge on any atom is -0.444 e. The Hall–Kier alpha value is -10.5. The van der Waals surface area contributed by atoms with Crippen molar-refractivity contribution in [2.75, 3.05) is 39.3 Å². The van der Waals surface area contributed by atoms with Crippen LogP contribution in [0.25, 0.3) is 55.6 Å². The Balaban J connectivity index is 0.000000153. The van der Waals surface area contributed by atoms with Crippen molar-refractivity contribution in [2.24, 2.45) is 0 Å². The molecular weight excluding hydrogens is 2190 g/mol. The predicted octanol–water partition coefficient (Wildman–Crippen LogP) is 30.1. The number of hydrogen-bond acceptors (Lipinski definition) is 12. The molecule has 0 saturated carbocycles. The van der Waals surface area contributed by atoms with Gasteiger partial charge in [-0.15, -0.1) is 0 Å². The van der Waals surface area contributed by atoms with Gasteiger partial charge in [0.15, 0.2) is 0 Å². The Morgan fingerprint density at radius 3 is 0.959 bits per heavy atom. The van der Waals surface area contributed by atoms with Gasteiger partial charge in [0, 0.05) is 86.9 Å². The summed E-state index contributed by atoms with van der Waals surface area (Å²) in [5.74, 6) is 0. The third-order valence-corrected chi connectivity index (χ3v) is 30.0. The Kier molecular flexibility index (Phi) is 40.8. The zero-order chi connectivity index (χ0) is 106. The van der Waals surface area contributed by atoms with E-state index in [1.807, 2.05) is 114 Å². The molecule has 13 aromatic carbocycles. The van der Waals surface area contributed by atoms with Gasteiger partial charge in [0.2, 0.25) is 0 Å². The summed E-state index contributed by atoms with van der Waals surface area (Å²) < 4.78 is 27.7. The van der Waals surface area contributed by atoms with Crippen molar-refractivity contribution in [1.29, 1.82) is 0 Å². The van der Waals surface area contributed by atoms with E-state index in [1.54, 1.807) is 31.7 Å². The van der Waals surface area contributed by atoms with Gasteiger partial charge in [0.1, 0.15) is 22.4 Å². The Bertz CT molecular complexity index is 6650. The lowest BCUT2D eigenvalue weighted by Crippen LogP contribution is -2.39. The van der Waals surface area contributed by atoms with E-state index in [0.717, 1.165) is 92.3 Å². The quantitative estimate of drug-likeness (QED) is 0.0703. The van der Waals surface area contributed by atoms with Gasteiger partial charge in [0.25, 0.3) is 0 Å². The van der Waals surface area contributed by atoms with Gasteiger partial charge in [-0.1, -0.05) is 287 Å². The molecule has 0 aromatic heterocycles. The summed E-state index contributed by atoms with van der Waals surface area (Å²) in [7, 11) is -1.35. The lowest BCUT2D eigenvalue weighted by Gasteiger charge is -2.31. The maximum atomic E-state index is 12.5. The molecule has 0 aliphatic carbocycles. The molecule has 4 amide bonds. The number of amides is 4. The molecule has 19 rings (SSSR count). The van der Waals surface area contributed by atoms with Crippen molar-refractivity contribution in [2.45, 2.75) is 239 Å². The summed E-state index contributed by atoms with van der Waals surface area (Å²) in [6.45, 7) is 49.3. The van der Waals surface area contributed by atoms with Gasteiger partial charge in [-0.3, -0.25) is 0 Å². The lowest BCUT2D eigenvalue weighted by molar-refractivity contribution is 0.0214. The minimum absolute atomic E-state index is 0.214. The largest absolute Gasteiger partial charge is 0.488 e. The average Bonchev–Trinajstić information content (AvgIpc) is 0.790. The Morgan fingerprint density at radius 2 is 0.596 bits per heavy atom. The number of ether oxygens (including phenoxy) is 4. The first-order valence-electron chi connectivity index (χ1n) is 50.4. The van der Waals surface area contributed by atoms with E-state index in [2.05, 4.69) is 364 Å². The molecule has 146 heavy (non-hydrogen) atoms. The van der Waals surface area contributed by atoms with Crippen LogP contribution in [0.15, 0.2) is 273 Å². The first kappa shape index (κ1) is 114. The highest BCUT2D eigenvalue weighted by Crippen LogP contribution is 2.40. The fraction of sp³-hybridized carbons (Fsp3) is 0.339. The molecular formula is C124H142BBr4IN6O10.